The van der Waals surface area contributed by atoms with Gasteiger partial charge in [-0.05, 0) is 54.5 Å². The van der Waals surface area contributed by atoms with Gasteiger partial charge in [0, 0.05) is 24.2 Å². The molecule has 2 heterocycles. The molecule has 156 valence electrons. The summed E-state index contributed by atoms with van der Waals surface area (Å²) in [4.78, 5) is 30.2. The average Bonchev–Trinajstić information content (AvgIpc) is 2.78. The second kappa shape index (κ2) is 8.78. The van der Waals surface area contributed by atoms with Gasteiger partial charge in [-0.15, -0.1) is 0 Å². The number of nitrogens with zero attached hydrogens (tertiary/aromatic N) is 1. The number of hydrogen-bond donors (Lipinski definition) is 1. The first kappa shape index (κ1) is 20.3. The largest absolute Gasteiger partial charge is 0.481 e. The summed E-state index contributed by atoms with van der Waals surface area (Å²) in [6.07, 6.45) is 5.20. The lowest BCUT2D eigenvalue weighted by Crippen LogP contribution is -2.57. The first-order valence-electron chi connectivity index (χ1n) is 10.3. The number of carbonyl (C=O) groups is 2. The van der Waals surface area contributed by atoms with E-state index in [0.717, 1.165) is 11.1 Å². The summed E-state index contributed by atoms with van der Waals surface area (Å²) >= 11 is 0. The van der Waals surface area contributed by atoms with Gasteiger partial charge in [-0.25, -0.2) is 9.37 Å². The van der Waals surface area contributed by atoms with Crippen LogP contribution in [0.3, 0.4) is 0 Å². The summed E-state index contributed by atoms with van der Waals surface area (Å²) in [5.74, 6) is -1.38. The Morgan fingerprint density at radius 1 is 1.20 bits per heavy atom. The van der Waals surface area contributed by atoms with Gasteiger partial charge in [-0.3, -0.25) is 9.59 Å². The third-order valence-electron chi connectivity index (χ3n) is 6.17. The average molecular weight is 408 g/mol. The number of carbonyl (C=O) groups excluding carboxylic acids is 2. The number of allylic oxidation sites excluding steroid dienone is 1. The fourth-order valence-electron chi connectivity index (χ4n) is 4.72. The van der Waals surface area contributed by atoms with E-state index in [1.54, 1.807) is 24.4 Å². The van der Waals surface area contributed by atoms with E-state index >= 15 is 0 Å². The van der Waals surface area contributed by atoms with E-state index < -0.39 is 12.1 Å². The van der Waals surface area contributed by atoms with Gasteiger partial charge in [0.2, 0.25) is 11.8 Å². The zero-order valence-corrected chi connectivity index (χ0v) is 16.8. The molecule has 1 aliphatic carbocycles. The predicted molar refractivity (Wildman–Crippen MR) is 112 cm³/mol. The molecular weight excluding hydrogens is 383 g/mol. The van der Waals surface area contributed by atoms with E-state index in [-0.39, 0.29) is 29.6 Å². The van der Waals surface area contributed by atoms with Gasteiger partial charge in [0.05, 0.1) is 7.11 Å². The topological polar surface area (TPSA) is 68.3 Å². The molecule has 0 spiro atoms. The molecule has 1 saturated heterocycles. The summed E-state index contributed by atoms with van der Waals surface area (Å²) in [5.41, 5.74) is 1.64. The van der Waals surface area contributed by atoms with Crippen LogP contribution >= 0.6 is 0 Å². The molecule has 2 fully saturated rings. The first-order chi connectivity index (χ1) is 14.6. The van der Waals surface area contributed by atoms with Gasteiger partial charge in [0.1, 0.15) is 12.1 Å². The summed E-state index contributed by atoms with van der Waals surface area (Å²) in [6, 6.07) is 13.0. The molecule has 5 atom stereocenters. The smallest absolute Gasteiger partial charge is 0.231 e. The molecular formula is C24H25FN2O3. The third-order valence-corrected chi connectivity index (χ3v) is 6.17. The lowest BCUT2D eigenvalue weighted by molar-refractivity contribution is -0.138. The van der Waals surface area contributed by atoms with Crippen LogP contribution in [0.15, 0.2) is 54.7 Å². The van der Waals surface area contributed by atoms with E-state index in [1.807, 2.05) is 30.3 Å². The van der Waals surface area contributed by atoms with E-state index in [4.69, 9.17) is 4.74 Å². The first-order valence-corrected chi connectivity index (χ1v) is 10.3. The minimum absolute atomic E-state index is 0.0893. The van der Waals surface area contributed by atoms with Gasteiger partial charge in [-0.1, -0.05) is 30.3 Å². The van der Waals surface area contributed by atoms with Gasteiger partial charge in [-0.2, -0.15) is 0 Å². The van der Waals surface area contributed by atoms with Crippen LogP contribution in [0.5, 0.6) is 5.88 Å². The number of pyridine rings is 1. The number of fused-ring (bicyclic) bond motifs is 1. The lowest BCUT2D eigenvalue weighted by Gasteiger charge is -2.45. The van der Waals surface area contributed by atoms with Crippen molar-refractivity contribution in [3.05, 3.63) is 65.9 Å². The maximum atomic E-state index is 14.3. The number of rotatable bonds is 5. The molecule has 0 radical (unpaired) electrons. The number of halogens is 1. The molecule has 1 saturated carbocycles. The summed E-state index contributed by atoms with van der Waals surface area (Å²) in [6.45, 7) is 0. The number of ketones is 1. The number of benzene rings is 1. The van der Waals surface area contributed by atoms with Crippen molar-refractivity contribution in [1.82, 2.24) is 10.3 Å². The molecule has 5 unspecified atom stereocenters. The van der Waals surface area contributed by atoms with Crippen molar-refractivity contribution in [1.29, 1.82) is 0 Å². The molecule has 2 aromatic rings. The predicted octanol–water partition coefficient (Wildman–Crippen LogP) is 3.71. The Morgan fingerprint density at radius 3 is 2.70 bits per heavy atom. The van der Waals surface area contributed by atoms with Crippen LogP contribution in [0.4, 0.5) is 4.39 Å². The number of amides is 1. The molecule has 1 aromatic heterocycles. The highest BCUT2D eigenvalue weighted by Crippen LogP contribution is 2.45. The SMILES string of the molecule is COc1ccc(/C=C/C(=O)C2C(=O)NC3CCC(F)CC3C2c2ccccc2)cn1. The molecule has 2 aliphatic rings. The lowest BCUT2D eigenvalue weighted by atomic mass is 9.64. The Hall–Kier alpha value is -3.02. The minimum atomic E-state index is -0.899. The van der Waals surface area contributed by atoms with Crippen molar-refractivity contribution in [2.24, 2.45) is 11.8 Å². The van der Waals surface area contributed by atoms with Crippen molar-refractivity contribution in [2.75, 3.05) is 7.11 Å². The van der Waals surface area contributed by atoms with E-state index in [1.165, 1.54) is 13.2 Å². The molecule has 5 nitrogen and oxygen atoms in total. The summed E-state index contributed by atoms with van der Waals surface area (Å²) in [5, 5.41) is 2.99. The van der Waals surface area contributed by atoms with Crippen molar-refractivity contribution >= 4 is 17.8 Å². The molecule has 0 bridgehead atoms. The van der Waals surface area contributed by atoms with Crippen LogP contribution in [0, 0.1) is 11.8 Å². The van der Waals surface area contributed by atoms with E-state index in [0.29, 0.717) is 25.1 Å². The van der Waals surface area contributed by atoms with Gasteiger partial charge < -0.3 is 10.1 Å². The highest BCUT2D eigenvalue weighted by Gasteiger charge is 2.49. The normalized spacial score (nSPS) is 28.6. The van der Waals surface area contributed by atoms with Crippen molar-refractivity contribution in [3.8, 4) is 5.88 Å². The Labute approximate surface area is 175 Å². The second-order valence-corrected chi connectivity index (χ2v) is 7.97. The number of methoxy groups -OCH3 is 1. The number of alkyl halides is 1. The zero-order valence-electron chi connectivity index (χ0n) is 16.8. The third kappa shape index (κ3) is 4.13. The number of aromatic nitrogens is 1. The van der Waals surface area contributed by atoms with E-state index in [9.17, 15) is 14.0 Å². The van der Waals surface area contributed by atoms with Crippen LogP contribution in [0.1, 0.15) is 36.3 Å². The Balaban J connectivity index is 1.63. The van der Waals surface area contributed by atoms with Crippen LogP contribution in [-0.4, -0.2) is 36.0 Å². The number of ether oxygens (including phenoxy) is 1. The zero-order chi connectivity index (χ0) is 21.1. The number of hydrogen-bond acceptors (Lipinski definition) is 4. The van der Waals surface area contributed by atoms with Gasteiger partial charge in [0.25, 0.3) is 0 Å². The maximum absolute atomic E-state index is 14.3. The standard InChI is InChI=1S/C24H25FN2O3/c1-30-21-12-8-15(14-26-21)7-11-20(28)23-22(16-5-3-2-4-6-16)18-13-17(25)9-10-19(18)27-24(23)29/h2-8,11-12,14,17-19,22-23H,9-10,13H2,1H3,(H,27,29)/b11-7+. The molecule has 1 amide bonds. The number of piperidine rings is 1. The molecule has 6 heteroatoms. The Kier molecular flexibility index (Phi) is 5.93. The highest BCUT2D eigenvalue weighted by molar-refractivity contribution is 6.09. The Bertz CT molecular complexity index is 929. The van der Waals surface area contributed by atoms with Crippen molar-refractivity contribution in [2.45, 2.75) is 37.4 Å². The minimum Gasteiger partial charge on any atom is -0.481 e. The number of nitrogens with one attached hydrogen (secondary N) is 1. The highest BCUT2D eigenvalue weighted by atomic mass is 19.1. The molecule has 1 N–H and O–H groups in total. The second-order valence-electron chi connectivity index (χ2n) is 7.97. The van der Waals surface area contributed by atoms with E-state index in [2.05, 4.69) is 10.3 Å². The Morgan fingerprint density at radius 2 is 2.00 bits per heavy atom. The quantitative estimate of drug-likeness (QED) is 0.605. The van der Waals surface area contributed by atoms with Crippen molar-refractivity contribution < 1.29 is 18.7 Å². The molecule has 4 rings (SSSR count). The van der Waals surface area contributed by atoms with Crippen LogP contribution in [-0.2, 0) is 9.59 Å². The van der Waals surface area contributed by atoms with Crippen LogP contribution < -0.4 is 10.1 Å². The molecule has 1 aliphatic heterocycles. The monoisotopic (exact) mass is 408 g/mol. The fourth-order valence-corrected chi connectivity index (χ4v) is 4.72. The fraction of sp³-hybridized carbons (Fsp3) is 0.375. The van der Waals surface area contributed by atoms with Crippen molar-refractivity contribution in [3.63, 3.8) is 0 Å². The van der Waals surface area contributed by atoms with Crippen LogP contribution in [0.2, 0.25) is 0 Å². The summed E-state index contributed by atoms with van der Waals surface area (Å²) < 4.78 is 19.3. The van der Waals surface area contributed by atoms with Gasteiger partial charge >= 0.3 is 0 Å². The van der Waals surface area contributed by atoms with Gasteiger partial charge in [0.15, 0.2) is 5.78 Å². The maximum Gasteiger partial charge on any atom is 0.231 e. The summed E-state index contributed by atoms with van der Waals surface area (Å²) in [7, 11) is 1.54. The van der Waals surface area contributed by atoms with Crippen LogP contribution in [0.25, 0.3) is 6.08 Å². The molecule has 1 aromatic carbocycles. The molecule has 30 heavy (non-hydrogen) atoms.